The average Bonchev–Trinajstić information content (AvgIpc) is 2.76. The number of anilines is 1. The minimum absolute atomic E-state index is 0.216. The van der Waals surface area contributed by atoms with Gasteiger partial charge in [-0.1, -0.05) is 29.3 Å². The highest BCUT2D eigenvalue weighted by atomic mass is 35.5. The molecule has 0 aliphatic rings. The number of halogens is 10. The molecule has 36 heavy (non-hydrogen) atoms. The molecule has 2 aromatic carbocycles. The predicted molar refractivity (Wildman–Crippen MR) is 114 cm³/mol. The molecule has 5 nitrogen and oxygen atoms in total. The Balaban J connectivity index is 2.42. The Hall–Kier alpha value is -2.80. The average molecular weight is 567 g/mol. The molecular formula is C21H16Cl2F8N2O3. The summed E-state index contributed by atoms with van der Waals surface area (Å²) in [6, 6.07) is 3.06. The van der Waals surface area contributed by atoms with Crippen LogP contribution >= 0.6 is 23.2 Å². The molecule has 1 atom stereocenters. The summed E-state index contributed by atoms with van der Waals surface area (Å²) in [4.78, 5) is 27.1. The van der Waals surface area contributed by atoms with Gasteiger partial charge >= 0.3 is 18.3 Å². The number of benzene rings is 2. The number of ether oxygens (including phenoxy) is 1. The van der Waals surface area contributed by atoms with E-state index in [2.05, 4.69) is 4.74 Å². The Labute approximate surface area is 209 Å². The Morgan fingerprint density at radius 2 is 1.47 bits per heavy atom. The zero-order valence-electron chi connectivity index (χ0n) is 18.3. The fourth-order valence-electron chi connectivity index (χ4n) is 2.96. The van der Waals surface area contributed by atoms with Crippen molar-refractivity contribution < 1.29 is 49.4 Å². The van der Waals surface area contributed by atoms with Crippen LogP contribution in [0.4, 0.5) is 45.6 Å². The van der Waals surface area contributed by atoms with Gasteiger partial charge in [-0.25, -0.2) is 18.0 Å². The van der Waals surface area contributed by atoms with Crippen molar-refractivity contribution in [3.05, 3.63) is 57.6 Å². The number of nitrogens with zero attached hydrogens (tertiary/aromatic N) is 2. The first-order valence-electron chi connectivity index (χ1n) is 9.90. The monoisotopic (exact) mass is 566 g/mol. The second-order valence-corrected chi connectivity index (χ2v) is 7.79. The number of alkyl halides is 6. The number of urea groups is 1. The van der Waals surface area contributed by atoms with Gasteiger partial charge in [0.25, 0.3) is 12.1 Å². The molecule has 2 aromatic rings. The first kappa shape index (κ1) is 29.4. The minimum Gasteiger partial charge on any atom is -0.427 e. The number of imide groups is 1. The number of hydrogen-bond acceptors (Lipinski definition) is 3. The summed E-state index contributed by atoms with van der Waals surface area (Å²) in [5.74, 6) is -4.99. The first-order valence-corrected chi connectivity index (χ1v) is 10.7. The Morgan fingerprint density at radius 3 is 1.89 bits per heavy atom. The fraction of sp³-hybridized carbons (Fsp3) is 0.333. The van der Waals surface area contributed by atoms with Gasteiger partial charge in [0.2, 0.25) is 0 Å². The molecule has 0 radical (unpaired) electrons. The van der Waals surface area contributed by atoms with Gasteiger partial charge in [0.05, 0.1) is 10.0 Å². The number of rotatable bonds is 7. The molecule has 3 amide bonds. The van der Waals surface area contributed by atoms with E-state index in [0.717, 1.165) is 35.2 Å². The highest BCUT2D eigenvalue weighted by Gasteiger charge is 2.59. The van der Waals surface area contributed by atoms with E-state index in [-0.39, 0.29) is 18.8 Å². The van der Waals surface area contributed by atoms with Gasteiger partial charge in [0, 0.05) is 18.8 Å². The lowest BCUT2D eigenvalue weighted by Gasteiger charge is -2.29. The van der Waals surface area contributed by atoms with Crippen LogP contribution in [0, 0.1) is 11.6 Å². The third-order valence-corrected chi connectivity index (χ3v) is 5.19. The van der Waals surface area contributed by atoms with E-state index in [1.54, 1.807) is 0 Å². The van der Waals surface area contributed by atoms with E-state index < -0.39 is 63.4 Å². The summed E-state index contributed by atoms with van der Waals surface area (Å²) >= 11 is 11.6. The maximum atomic E-state index is 14.1. The number of carbonyl (C=O) groups is 2. The lowest BCUT2D eigenvalue weighted by atomic mass is 10.1. The van der Waals surface area contributed by atoms with Crippen LogP contribution in [0.15, 0.2) is 30.3 Å². The van der Waals surface area contributed by atoms with Gasteiger partial charge < -0.3 is 4.74 Å². The van der Waals surface area contributed by atoms with Crippen LogP contribution in [-0.2, 0) is 0 Å². The standard InChI is InChI=1S/C21H16Cl2F8N2O3/c1-3-32(19(35)33(4-2)17(34)15-13(24)6-5-7-14(15)25)10-8-11(22)16(12(23)9-10)36-21(30,31)18(26)20(27,28)29/h5-9,18H,3-4H2,1-2H3. The van der Waals surface area contributed by atoms with Crippen LogP contribution < -0.4 is 9.64 Å². The van der Waals surface area contributed by atoms with Crippen LogP contribution in [-0.4, -0.2) is 48.4 Å². The molecule has 0 N–H and O–H groups in total. The van der Waals surface area contributed by atoms with Gasteiger partial charge in [-0.2, -0.15) is 22.0 Å². The molecule has 1 unspecified atom stereocenters. The van der Waals surface area contributed by atoms with Gasteiger partial charge in [-0.05, 0) is 38.1 Å². The van der Waals surface area contributed by atoms with E-state index in [1.807, 2.05) is 0 Å². The molecule has 0 saturated heterocycles. The Bertz CT molecular complexity index is 1100. The van der Waals surface area contributed by atoms with Crippen molar-refractivity contribution in [1.29, 1.82) is 0 Å². The second kappa shape index (κ2) is 11.1. The molecule has 0 aromatic heterocycles. The van der Waals surface area contributed by atoms with E-state index in [4.69, 9.17) is 23.2 Å². The molecule has 0 fully saturated rings. The molecule has 0 aliphatic heterocycles. The molecular weight excluding hydrogens is 551 g/mol. The van der Waals surface area contributed by atoms with E-state index in [0.29, 0.717) is 4.90 Å². The summed E-state index contributed by atoms with van der Waals surface area (Å²) < 4.78 is 110. The zero-order valence-corrected chi connectivity index (χ0v) is 19.8. The molecule has 2 rings (SSSR count). The van der Waals surface area contributed by atoms with E-state index in [9.17, 15) is 44.7 Å². The van der Waals surface area contributed by atoms with E-state index in [1.165, 1.54) is 13.8 Å². The highest BCUT2D eigenvalue weighted by molar-refractivity contribution is 6.37. The SMILES string of the molecule is CCN(C(=O)c1c(F)cccc1F)C(=O)N(CC)c1cc(Cl)c(OC(F)(F)C(F)C(F)(F)F)c(Cl)c1. The maximum absolute atomic E-state index is 14.1. The van der Waals surface area contributed by atoms with Crippen molar-refractivity contribution in [3.63, 3.8) is 0 Å². The quantitative estimate of drug-likeness (QED) is 0.332. The van der Waals surface area contributed by atoms with Crippen LogP contribution in [0.25, 0.3) is 0 Å². The predicted octanol–water partition coefficient (Wildman–Crippen LogP) is 7.25. The van der Waals surface area contributed by atoms with E-state index >= 15 is 0 Å². The van der Waals surface area contributed by atoms with Crippen LogP contribution in [0.1, 0.15) is 24.2 Å². The van der Waals surface area contributed by atoms with Crippen molar-refractivity contribution in [2.24, 2.45) is 0 Å². The maximum Gasteiger partial charge on any atom is 0.439 e. The summed E-state index contributed by atoms with van der Waals surface area (Å²) in [6.07, 6.45) is -16.1. The van der Waals surface area contributed by atoms with Gasteiger partial charge in [0.1, 0.15) is 17.2 Å². The third-order valence-electron chi connectivity index (χ3n) is 4.63. The molecule has 0 heterocycles. The van der Waals surface area contributed by atoms with Crippen LogP contribution in [0.3, 0.4) is 0 Å². The smallest absolute Gasteiger partial charge is 0.427 e. The summed E-state index contributed by atoms with van der Waals surface area (Å²) in [5.41, 5.74) is -1.25. The lowest BCUT2D eigenvalue weighted by molar-refractivity contribution is -0.304. The largest absolute Gasteiger partial charge is 0.439 e. The van der Waals surface area contributed by atoms with Crippen LogP contribution in [0.2, 0.25) is 10.0 Å². The number of carbonyl (C=O) groups excluding carboxylic acids is 2. The molecule has 15 heteroatoms. The zero-order chi connectivity index (χ0) is 27.6. The first-order chi connectivity index (χ1) is 16.6. The topological polar surface area (TPSA) is 49.9 Å². The summed E-state index contributed by atoms with van der Waals surface area (Å²) in [6.45, 7) is 2.16. The molecule has 0 aliphatic carbocycles. The second-order valence-electron chi connectivity index (χ2n) is 6.98. The highest BCUT2D eigenvalue weighted by Crippen LogP contribution is 2.43. The van der Waals surface area contributed by atoms with Crippen LogP contribution in [0.5, 0.6) is 5.75 Å². The summed E-state index contributed by atoms with van der Waals surface area (Å²) in [5, 5.41) is -1.65. The fourth-order valence-corrected chi connectivity index (χ4v) is 3.51. The van der Waals surface area contributed by atoms with Crippen molar-refractivity contribution in [3.8, 4) is 5.75 Å². The summed E-state index contributed by atoms with van der Waals surface area (Å²) in [7, 11) is 0. The van der Waals surface area contributed by atoms with Gasteiger partial charge in [0.15, 0.2) is 5.75 Å². The lowest BCUT2D eigenvalue weighted by Crippen LogP contribution is -2.47. The number of hydrogen-bond donors (Lipinski definition) is 0. The molecule has 0 bridgehead atoms. The van der Waals surface area contributed by atoms with Crippen molar-refractivity contribution in [2.45, 2.75) is 32.3 Å². The van der Waals surface area contributed by atoms with Crippen molar-refractivity contribution in [2.75, 3.05) is 18.0 Å². The Morgan fingerprint density at radius 1 is 0.972 bits per heavy atom. The number of amides is 3. The third kappa shape index (κ3) is 6.12. The normalized spacial score (nSPS) is 12.8. The molecule has 0 saturated carbocycles. The minimum atomic E-state index is -5.96. The molecule has 198 valence electrons. The van der Waals surface area contributed by atoms with Gasteiger partial charge in [-0.15, -0.1) is 0 Å². The Kier molecular flexibility index (Phi) is 9.05. The molecule has 0 spiro atoms. The van der Waals surface area contributed by atoms with Crippen molar-refractivity contribution in [1.82, 2.24) is 4.90 Å². The van der Waals surface area contributed by atoms with Gasteiger partial charge in [-0.3, -0.25) is 14.6 Å². The van der Waals surface area contributed by atoms with Crippen molar-refractivity contribution >= 4 is 40.8 Å².